The van der Waals surface area contributed by atoms with Crippen LogP contribution in [-0.4, -0.2) is 27.4 Å². The smallest absolute Gasteiger partial charge is 0.141 e. The lowest BCUT2D eigenvalue weighted by molar-refractivity contribution is 0.409. The number of aromatic amines is 1. The molecule has 1 heterocycles. The topological polar surface area (TPSA) is 83.1 Å². The van der Waals surface area contributed by atoms with Crippen molar-refractivity contribution >= 4 is 0 Å². The first kappa shape index (κ1) is 12.4. The molecule has 6 heteroatoms. The molecule has 0 saturated heterocycles. The van der Waals surface area contributed by atoms with E-state index in [-0.39, 0.29) is 11.8 Å². The Kier molecular flexibility index (Phi) is 3.78. The Morgan fingerprint density at radius 2 is 2.33 bits per heavy atom. The zero-order chi connectivity index (χ0) is 13.0. The number of phenols is 1. The Morgan fingerprint density at radius 1 is 1.50 bits per heavy atom. The Hall–Kier alpha value is -2.08. The van der Waals surface area contributed by atoms with Gasteiger partial charge in [-0.1, -0.05) is 0 Å². The molecule has 1 aromatic heterocycles. The predicted molar refractivity (Wildman–Crippen MR) is 66.3 cm³/mol. The first-order valence-electron chi connectivity index (χ1n) is 5.65. The van der Waals surface area contributed by atoms with E-state index in [1.54, 1.807) is 25.3 Å². The number of phenolic OH excluding ortho intramolecular Hbond substituents is 1. The molecule has 6 nitrogen and oxygen atoms in total. The number of rotatable bonds is 5. The summed E-state index contributed by atoms with van der Waals surface area (Å²) >= 11 is 0. The van der Waals surface area contributed by atoms with Gasteiger partial charge in [0.1, 0.15) is 23.7 Å². The van der Waals surface area contributed by atoms with E-state index >= 15 is 0 Å². The van der Waals surface area contributed by atoms with Gasteiger partial charge in [-0.3, -0.25) is 5.10 Å². The van der Waals surface area contributed by atoms with Crippen LogP contribution < -0.4 is 10.1 Å². The molecule has 0 saturated carbocycles. The van der Waals surface area contributed by atoms with Crippen LogP contribution in [0.15, 0.2) is 24.5 Å². The molecule has 0 radical (unpaired) electrons. The van der Waals surface area contributed by atoms with E-state index in [1.807, 2.05) is 6.92 Å². The van der Waals surface area contributed by atoms with Crippen molar-refractivity contribution in [3.8, 4) is 11.5 Å². The maximum atomic E-state index is 9.74. The van der Waals surface area contributed by atoms with Gasteiger partial charge in [-0.2, -0.15) is 5.10 Å². The normalized spacial score (nSPS) is 12.3. The molecular formula is C12H16N4O2. The van der Waals surface area contributed by atoms with E-state index in [1.165, 1.54) is 6.33 Å². The fraction of sp³-hybridized carbons (Fsp3) is 0.333. The summed E-state index contributed by atoms with van der Waals surface area (Å²) in [5.41, 5.74) is 0.778. The molecule has 18 heavy (non-hydrogen) atoms. The minimum Gasteiger partial charge on any atom is -0.508 e. The first-order chi connectivity index (χ1) is 8.70. The SMILES string of the molecule is COc1ccc(O)c(CNC(C)c2ncn[nH]2)c1. The Labute approximate surface area is 105 Å². The monoisotopic (exact) mass is 248 g/mol. The highest BCUT2D eigenvalue weighted by atomic mass is 16.5. The fourth-order valence-corrected chi connectivity index (χ4v) is 1.61. The van der Waals surface area contributed by atoms with E-state index in [9.17, 15) is 5.11 Å². The van der Waals surface area contributed by atoms with E-state index in [2.05, 4.69) is 20.5 Å². The van der Waals surface area contributed by atoms with Crippen LogP contribution in [0.3, 0.4) is 0 Å². The maximum Gasteiger partial charge on any atom is 0.141 e. The van der Waals surface area contributed by atoms with E-state index < -0.39 is 0 Å². The van der Waals surface area contributed by atoms with Crippen LogP contribution in [0.2, 0.25) is 0 Å². The predicted octanol–water partition coefficient (Wildman–Crippen LogP) is 1.37. The Balaban J connectivity index is 2.01. The molecule has 1 unspecified atom stereocenters. The zero-order valence-electron chi connectivity index (χ0n) is 10.3. The van der Waals surface area contributed by atoms with Crippen molar-refractivity contribution in [1.82, 2.24) is 20.5 Å². The van der Waals surface area contributed by atoms with Crippen molar-refractivity contribution in [2.24, 2.45) is 0 Å². The molecule has 0 bridgehead atoms. The van der Waals surface area contributed by atoms with Gasteiger partial charge < -0.3 is 15.2 Å². The second-order valence-electron chi connectivity index (χ2n) is 3.97. The number of aromatic hydroxyl groups is 1. The van der Waals surface area contributed by atoms with E-state index in [4.69, 9.17) is 4.74 Å². The lowest BCUT2D eigenvalue weighted by Gasteiger charge is -2.12. The van der Waals surface area contributed by atoms with Crippen molar-refractivity contribution in [3.63, 3.8) is 0 Å². The third-order valence-corrected chi connectivity index (χ3v) is 2.73. The van der Waals surface area contributed by atoms with Crippen molar-refractivity contribution in [1.29, 1.82) is 0 Å². The van der Waals surface area contributed by atoms with Gasteiger partial charge in [0.05, 0.1) is 13.2 Å². The Bertz CT molecular complexity index is 499. The van der Waals surface area contributed by atoms with Crippen LogP contribution in [-0.2, 0) is 6.54 Å². The van der Waals surface area contributed by atoms with Gasteiger partial charge in [0.2, 0.25) is 0 Å². The summed E-state index contributed by atoms with van der Waals surface area (Å²) in [7, 11) is 1.60. The largest absolute Gasteiger partial charge is 0.508 e. The number of aromatic nitrogens is 3. The minimum atomic E-state index is 0.0260. The molecular weight excluding hydrogens is 232 g/mol. The average molecular weight is 248 g/mol. The summed E-state index contributed by atoms with van der Waals surface area (Å²) in [5.74, 6) is 1.72. The number of nitrogens with zero attached hydrogens (tertiary/aromatic N) is 2. The van der Waals surface area contributed by atoms with Crippen molar-refractivity contribution in [2.45, 2.75) is 19.5 Å². The molecule has 2 aromatic rings. The van der Waals surface area contributed by atoms with Gasteiger partial charge in [-0.05, 0) is 25.1 Å². The van der Waals surface area contributed by atoms with Gasteiger partial charge >= 0.3 is 0 Å². The van der Waals surface area contributed by atoms with Crippen LogP contribution in [0.4, 0.5) is 0 Å². The first-order valence-corrected chi connectivity index (χ1v) is 5.65. The number of ether oxygens (including phenoxy) is 1. The van der Waals surface area contributed by atoms with Crippen molar-refractivity contribution in [3.05, 3.63) is 35.9 Å². The third kappa shape index (κ3) is 2.78. The van der Waals surface area contributed by atoms with E-state index in [0.717, 1.165) is 17.1 Å². The summed E-state index contributed by atoms with van der Waals surface area (Å²) in [6.45, 7) is 2.49. The molecule has 0 aliphatic carbocycles. The summed E-state index contributed by atoms with van der Waals surface area (Å²) in [4.78, 5) is 4.07. The molecule has 0 spiro atoms. The van der Waals surface area contributed by atoms with E-state index in [0.29, 0.717) is 6.54 Å². The molecule has 2 rings (SSSR count). The van der Waals surface area contributed by atoms with Crippen molar-refractivity contribution < 1.29 is 9.84 Å². The minimum absolute atomic E-state index is 0.0260. The number of nitrogens with one attached hydrogen (secondary N) is 2. The summed E-state index contributed by atoms with van der Waals surface area (Å²) in [6.07, 6.45) is 1.47. The molecule has 0 amide bonds. The highest BCUT2D eigenvalue weighted by Gasteiger charge is 2.09. The van der Waals surface area contributed by atoms with Crippen molar-refractivity contribution in [2.75, 3.05) is 7.11 Å². The van der Waals surface area contributed by atoms with Gasteiger partial charge in [-0.25, -0.2) is 4.98 Å². The van der Waals surface area contributed by atoms with Gasteiger partial charge in [0.15, 0.2) is 0 Å². The number of benzene rings is 1. The molecule has 0 fully saturated rings. The highest BCUT2D eigenvalue weighted by molar-refractivity contribution is 5.39. The Morgan fingerprint density at radius 3 is 3.00 bits per heavy atom. The summed E-state index contributed by atoms with van der Waals surface area (Å²) < 4.78 is 5.12. The van der Waals surface area contributed by atoms with Crippen LogP contribution in [0.1, 0.15) is 24.4 Å². The number of H-pyrrole nitrogens is 1. The highest BCUT2D eigenvalue weighted by Crippen LogP contribution is 2.23. The molecule has 3 N–H and O–H groups in total. The molecule has 0 aliphatic heterocycles. The molecule has 1 atom stereocenters. The average Bonchev–Trinajstić information content (AvgIpc) is 2.91. The third-order valence-electron chi connectivity index (χ3n) is 2.73. The number of hydrogen-bond acceptors (Lipinski definition) is 5. The zero-order valence-corrected chi connectivity index (χ0v) is 10.3. The summed E-state index contributed by atoms with van der Waals surface area (Å²) in [6, 6.07) is 5.17. The number of hydrogen-bond donors (Lipinski definition) is 3. The van der Waals surface area contributed by atoms with Crippen LogP contribution in [0, 0.1) is 0 Å². The summed E-state index contributed by atoms with van der Waals surface area (Å²) in [5, 5.41) is 19.6. The molecule has 1 aromatic carbocycles. The second-order valence-corrected chi connectivity index (χ2v) is 3.97. The van der Waals surface area contributed by atoms with Crippen LogP contribution in [0.25, 0.3) is 0 Å². The number of methoxy groups -OCH3 is 1. The second kappa shape index (κ2) is 5.50. The quantitative estimate of drug-likeness (QED) is 0.744. The lowest BCUT2D eigenvalue weighted by Crippen LogP contribution is -2.19. The fourth-order valence-electron chi connectivity index (χ4n) is 1.61. The van der Waals surface area contributed by atoms with Gasteiger partial charge in [0.25, 0.3) is 0 Å². The maximum absolute atomic E-state index is 9.74. The van der Waals surface area contributed by atoms with Gasteiger partial charge in [-0.15, -0.1) is 0 Å². The van der Waals surface area contributed by atoms with Crippen LogP contribution in [0.5, 0.6) is 11.5 Å². The standard InChI is InChI=1S/C12H16N4O2/c1-8(12-14-7-15-16-12)13-6-9-5-10(18-2)3-4-11(9)17/h3-5,7-8,13,17H,6H2,1-2H3,(H,14,15,16). The molecule has 0 aliphatic rings. The molecule has 96 valence electrons. The lowest BCUT2D eigenvalue weighted by atomic mass is 10.1. The van der Waals surface area contributed by atoms with Crippen LogP contribution >= 0.6 is 0 Å². The van der Waals surface area contributed by atoms with Gasteiger partial charge in [0, 0.05) is 12.1 Å².